The van der Waals surface area contributed by atoms with Gasteiger partial charge in [-0.05, 0) is 32.3 Å². The highest BCUT2D eigenvalue weighted by Crippen LogP contribution is 2.29. The number of rotatable bonds is 7. The Bertz CT molecular complexity index is 445. The zero-order valence-corrected chi connectivity index (χ0v) is 12.8. The van der Waals surface area contributed by atoms with Gasteiger partial charge in [0, 0.05) is 18.0 Å². The molecule has 0 saturated heterocycles. The summed E-state index contributed by atoms with van der Waals surface area (Å²) in [5.41, 5.74) is 8.40. The van der Waals surface area contributed by atoms with Crippen LogP contribution in [0.4, 0.5) is 0 Å². The lowest BCUT2D eigenvalue weighted by Crippen LogP contribution is -2.18. The first-order valence-corrected chi connectivity index (χ1v) is 7.03. The third-order valence-electron chi connectivity index (χ3n) is 3.26. The van der Waals surface area contributed by atoms with Crippen molar-refractivity contribution in [2.24, 2.45) is 11.7 Å². The van der Waals surface area contributed by atoms with E-state index in [9.17, 15) is 4.79 Å². The SMILES string of the molecule is CCOC(=O)CC(C)CC(N)c1cc(C)ccc1OC. The third-order valence-corrected chi connectivity index (χ3v) is 3.26. The van der Waals surface area contributed by atoms with E-state index in [1.54, 1.807) is 7.11 Å². The van der Waals surface area contributed by atoms with Crippen LogP contribution in [0.1, 0.15) is 43.9 Å². The van der Waals surface area contributed by atoms with Crippen molar-refractivity contribution in [1.29, 1.82) is 0 Å². The summed E-state index contributed by atoms with van der Waals surface area (Å²) in [6.07, 6.45) is 1.12. The molecule has 0 bridgehead atoms. The molecule has 0 saturated carbocycles. The number of esters is 1. The van der Waals surface area contributed by atoms with E-state index in [4.69, 9.17) is 15.2 Å². The summed E-state index contributed by atoms with van der Waals surface area (Å²) in [7, 11) is 1.64. The van der Waals surface area contributed by atoms with Gasteiger partial charge in [0.1, 0.15) is 5.75 Å². The summed E-state index contributed by atoms with van der Waals surface area (Å²) in [6, 6.07) is 5.83. The van der Waals surface area contributed by atoms with Crippen molar-refractivity contribution in [3.8, 4) is 5.75 Å². The smallest absolute Gasteiger partial charge is 0.306 e. The topological polar surface area (TPSA) is 61.5 Å². The highest BCUT2D eigenvalue weighted by Gasteiger charge is 2.18. The second-order valence-corrected chi connectivity index (χ2v) is 5.20. The maximum Gasteiger partial charge on any atom is 0.306 e. The van der Waals surface area contributed by atoms with E-state index >= 15 is 0 Å². The average molecular weight is 279 g/mol. The van der Waals surface area contributed by atoms with Crippen molar-refractivity contribution in [1.82, 2.24) is 0 Å². The van der Waals surface area contributed by atoms with Gasteiger partial charge < -0.3 is 15.2 Å². The largest absolute Gasteiger partial charge is 0.496 e. The molecule has 0 radical (unpaired) electrons. The van der Waals surface area contributed by atoms with Crippen LogP contribution >= 0.6 is 0 Å². The number of hydrogen-bond donors (Lipinski definition) is 1. The highest BCUT2D eigenvalue weighted by atomic mass is 16.5. The highest BCUT2D eigenvalue weighted by molar-refractivity contribution is 5.69. The predicted molar refractivity (Wildman–Crippen MR) is 79.7 cm³/mol. The molecule has 0 aliphatic heterocycles. The number of methoxy groups -OCH3 is 1. The van der Waals surface area contributed by atoms with Crippen molar-refractivity contribution >= 4 is 5.97 Å². The maximum atomic E-state index is 11.5. The van der Waals surface area contributed by atoms with E-state index in [-0.39, 0.29) is 17.9 Å². The first-order chi connectivity index (χ1) is 9.47. The Kier molecular flexibility index (Phi) is 6.52. The van der Waals surface area contributed by atoms with Crippen molar-refractivity contribution < 1.29 is 14.3 Å². The molecular weight excluding hydrogens is 254 g/mol. The minimum absolute atomic E-state index is 0.144. The van der Waals surface area contributed by atoms with E-state index in [1.807, 2.05) is 39.0 Å². The Hall–Kier alpha value is -1.55. The van der Waals surface area contributed by atoms with Gasteiger partial charge in [0.2, 0.25) is 0 Å². The maximum absolute atomic E-state index is 11.5. The zero-order valence-electron chi connectivity index (χ0n) is 12.8. The van der Waals surface area contributed by atoms with Gasteiger partial charge in [0.25, 0.3) is 0 Å². The summed E-state index contributed by atoms with van der Waals surface area (Å²) in [5.74, 6) is 0.809. The molecule has 112 valence electrons. The van der Waals surface area contributed by atoms with Crippen LogP contribution in [0.2, 0.25) is 0 Å². The molecule has 4 heteroatoms. The molecule has 0 aromatic heterocycles. The van der Waals surface area contributed by atoms with Gasteiger partial charge in [0.05, 0.1) is 13.7 Å². The molecule has 2 N–H and O–H groups in total. The Morgan fingerprint density at radius 3 is 2.70 bits per heavy atom. The van der Waals surface area contributed by atoms with Crippen molar-refractivity contribution in [2.45, 2.75) is 39.7 Å². The van der Waals surface area contributed by atoms with Gasteiger partial charge in [-0.2, -0.15) is 0 Å². The van der Waals surface area contributed by atoms with E-state index < -0.39 is 0 Å². The minimum atomic E-state index is -0.164. The second-order valence-electron chi connectivity index (χ2n) is 5.20. The van der Waals surface area contributed by atoms with Gasteiger partial charge >= 0.3 is 5.97 Å². The van der Waals surface area contributed by atoms with Crippen LogP contribution in [-0.4, -0.2) is 19.7 Å². The van der Waals surface area contributed by atoms with Crippen LogP contribution < -0.4 is 10.5 Å². The molecule has 1 rings (SSSR count). The number of aryl methyl sites for hydroxylation is 1. The van der Waals surface area contributed by atoms with Gasteiger partial charge in [-0.15, -0.1) is 0 Å². The fraction of sp³-hybridized carbons (Fsp3) is 0.562. The molecule has 4 nitrogen and oxygen atoms in total. The number of ether oxygens (including phenoxy) is 2. The molecule has 0 amide bonds. The van der Waals surface area contributed by atoms with Crippen LogP contribution in [0, 0.1) is 12.8 Å². The Labute approximate surface area is 121 Å². The van der Waals surface area contributed by atoms with E-state index in [0.717, 1.165) is 23.3 Å². The number of hydrogen-bond acceptors (Lipinski definition) is 4. The molecule has 2 unspecified atom stereocenters. The van der Waals surface area contributed by atoms with Gasteiger partial charge in [-0.1, -0.05) is 24.6 Å². The van der Waals surface area contributed by atoms with E-state index in [1.165, 1.54) is 0 Å². The quantitative estimate of drug-likeness (QED) is 0.779. The summed E-state index contributed by atoms with van der Waals surface area (Å²) >= 11 is 0. The zero-order chi connectivity index (χ0) is 15.1. The van der Waals surface area contributed by atoms with Crippen molar-refractivity contribution in [3.05, 3.63) is 29.3 Å². The van der Waals surface area contributed by atoms with Gasteiger partial charge in [-0.3, -0.25) is 4.79 Å². The molecule has 0 aliphatic carbocycles. The number of carbonyl (C=O) groups is 1. The van der Waals surface area contributed by atoms with Crippen molar-refractivity contribution in [3.63, 3.8) is 0 Å². The van der Waals surface area contributed by atoms with Crippen LogP contribution in [0.25, 0.3) is 0 Å². The Balaban J connectivity index is 2.68. The first-order valence-electron chi connectivity index (χ1n) is 7.03. The van der Waals surface area contributed by atoms with Crippen LogP contribution in [-0.2, 0) is 9.53 Å². The lowest BCUT2D eigenvalue weighted by molar-refractivity contribution is -0.144. The van der Waals surface area contributed by atoms with Crippen molar-refractivity contribution in [2.75, 3.05) is 13.7 Å². The molecule has 0 spiro atoms. The summed E-state index contributed by atoms with van der Waals surface area (Å²) in [4.78, 5) is 11.5. The molecule has 2 atom stereocenters. The summed E-state index contributed by atoms with van der Waals surface area (Å²) in [5, 5.41) is 0. The lowest BCUT2D eigenvalue weighted by Gasteiger charge is -2.19. The fourth-order valence-electron chi connectivity index (χ4n) is 2.29. The molecule has 0 heterocycles. The molecule has 0 aliphatic rings. The number of carbonyl (C=O) groups excluding carboxylic acids is 1. The molecular formula is C16H25NO3. The Morgan fingerprint density at radius 1 is 1.40 bits per heavy atom. The standard InChI is InChI=1S/C16H25NO3/c1-5-20-16(18)10-12(3)9-14(17)13-8-11(2)6-7-15(13)19-4/h6-8,12,14H,5,9-10,17H2,1-4H3. The van der Waals surface area contributed by atoms with Crippen LogP contribution in [0.3, 0.4) is 0 Å². The van der Waals surface area contributed by atoms with E-state index in [2.05, 4.69) is 0 Å². The second kappa shape index (κ2) is 7.90. The normalized spacial score (nSPS) is 13.7. The predicted octanol–water partition coefficient (Wildman–Crippen LogP) is 2.98. The first kappa shape index (κ1) is 16.5. The van der Waals surface area contributed by atoms with Crippen LogP contribution in [0.15, 0.2) is 18.2 Å². The number of benzene rings is 1. The molecule has 0 fully saturated rings. The number of nitrogens with two attached hydrogens (primary N) is 1. The molecule has 1 aromatic carbocycles. The molecule has 20 heavy (non-hydrogen) atoms. The third kappa shape index (κ3) is 4.85. The fourth-order valence-corrected chi connectivity index (χ4v) is 2.29. The summed E-state index contributed by atoms with van der Waals surface area (Å²) in [6.45, 7) is 6.27. The Morgan fingerprint density at radius 2 is 2.10 bits per heavy atom. The lowest BCUT2D eigenvalue weighted by atomic mass is 9.93. The van der Waals surface area contributed by atoms with Gasteiger partial charge in [-0.25, -0.2) is 0 Å². The van der Waals surface area contributed by atoms with E-state index in [0.29, 0.717) is 13.0 Å². The monoisotopic (exact) mass is 279 g/mol. The average Bonchev–Trinajstić information content (AvgIpc) is 2.38. The van der Waals surface area contributed by atoms with Crippen LogP contribution in [0.5, 0.6) is 5.75 Å². The molecule has 1 aromatic rings. The summed E-state index contributed by atoms with van der Waals surface area (Å²) < 4.78 is 10.3. The minimum Gasteiger partial charge on any atom is -0.496 e. The van der Waals surface area contributed by atoms with Gasteiger partial charge in [0.15, 0.2) is 0 Å².